The number of hydrogen-bond acceptors (Lipinski definition) is 6. The van der Waals surface area contributed by atoms with E-state index in [1.54, 1.807) is 19.2 Å². The fourth-order valence-corrected chi connectivity index (χ4v) is 3.17. The quantitative estimate of drug-likeness (QED) is 0.399. The van der Waals surface area contributed by atoms with E-state index in [1.165, 1.54) is 0 Å². The molecule has 0 radical (unpaired) electrons. The van der Waals surface area contributed by atoms with E-state index in [2.05, 4.69) is 10.6 Å². The highest BCUT2D eigenvalue weighted by Gasteiger charge is 2.11. The zero-order chi connectivity index (χ0) is 23.5. The molecule has 7 heteroatoms. The number of hydrogen-bond donors (Lipinski definition) is 2. The van der Waals surface area contributed by atoms with Crippen LogP contribution in [0.5, 0.6) is 23.0 Å². The van der Waals surface area contributed by atoms with Crippen LogP contribution < -0.4 is 29.6 Å². The van der Waals surface area contributed by atoms with Crippen LogP contribution in [0.1, 0.15) is 19.4 Å². The molecule has 0 atom stereocenters. The number of benzene rings is 3. The highest BCUT2D eigenvalue weighted by molar-refractivity contribution is 5.93. The normalized spacial score (nSPS) is 10.3. The van der Waals surface area contributed by atoms with E-state index in [0.717, 1.165) is 17.0 Å². The van der Waals surface area contributed by atoms with Gasteiger partial charge < -0.3 is 29.6 Å². The Hall–Kier alpha value is -3.87. The smallest absolute Gasteiger partial charge is 0.262 e. The van der Waals surface area contributed by atoms with E-state index < -0.39 is 0 Å². The molecule has 2 N–H and O–H groups in total. The number of rotatable bonds is 12. The standard InChI is InChI=1S/C26H30N2O5/c1-4-31-21-13-11-20(12-14-21)27-17-19-10-15-24(25(16-19)32-5-2)33-18-26(29)28-22-8-6-7-9-23(22)30-3/h6-16,27H,4-5,17-18H2,1-3H3,(H,28,29). The van der Waals surface area contributed by atoms with Crippen LogP contribution in [0, 0.1) is 0 Å². The van der Waals surface area contributed by atoms with Crippen molar-refractivity contribution in [3.05, 3.63) is 72.3 Å². The first-order valence-corrected chi connectivity index (χ1v) is 10.9. The van der Waals surface area contributed by atoms with E-state index in [1.807, 2.05) is 68.4 Å². The number of carbonyl (C=O) groups excluding carboxylic acids is 1. The molecule has 0 unspecified atom stereocenters. The minimum absolute atomic E-state index is 0.151. The molecule has 0 fully saturated rings. The van der Waals surface area contributed by atoms with Gasteiger partial charge in [-0.1, -0.05) is 18.2 Å². The first kappa shape index (κ1) is 23.8. The lowest BCUT2D eigenvalue weighted by Crippen LogP contribution is -2.20. The van der Waals surface area contributed by atoms with Crippen molar-refractivity contribution in [3.63, 3.8) is 0 Å². The lowest BCUT2D eigenvalue weighted by atomic mass is 10.2. The molecule has 0 heterocycles. The van der Waals surface area contributed by atoms with Crippen molar-refractivity contribution in [1.29, 1.82) is 0 Å². The number of para-hydroxylation sites is 2. The Morgan fingerprint density at radius 2 is 1.58 bits per heavy atom. The van der Waals surface area contributed by atoms with Gasteiger partial charge in [-0.25, -0.2) is 0 Å². The van der Waals surface area contributed by atoms with Crippen molar-refractivity contribution in [3.8, 4) is 23.0 Å². The summed E-state index contributed by atoms with van der Waals surface area (Å²) in [7, 11) is 1.56. The van der Waals surface area contributed by atoms with Crippen LogP contribution in [-0.4, -0.2) is 32.8 Å². The number of nitrogens with one attached hydrogen (secondary N) is 2. The Labute approximate surface area is 194 Å². The second-order valence-corrected chi connectivity index (χ2v) is 7.06. The molecule has 174 valence electrons. The van der Waals surface area contributed by atoms with Gasteiger partial charge in [0.25, 0.3) is 5.91 Å². The van der Waals surface area contributed by atoms with Crippen LogP contribution in [-0.2, 0) is 11.3 Å². The summed E-state index contributed by atoms with van der Waals surface area (Å²) >= 11 is 0. The summed E-state index contributed by atoms with van der Waals surface area (Å²) in [6.45, 7) is 5.46. The summed E-state index contributed by atoms with van der Waals surface area (Å²) in [4.78, 5) is 12.4. The zero-order valence-corrected chi connectivity index (χ0v) is 19.2. The fourth-order valence-electron chi connectivity index (χ4n) is 3.17. The summed E-state index contributed by atoms with van der Waals surface area (Å²) in [6.07, 6.45) is 0. The molecule has 0 aliphatic carbocycles. The molecule has 0 aliphatic heterocycles. The SMILES string of the molecule is CCOc1ccc(NCc2ccc(OCC(=O)Nc3ccccc3OC)c(OCC)c2)cc1. The third-order valence-electron chi connectivity index (χ3n) is 4.71. The van der Waals surface area contributed by atoms with Gasteiger partial charge in [0.15, 0.2) is 18.1 Å². The first-order valence-electron chi connectivity index (χ1n) is 10.9. The zero-order valence-electron chi connectivity index (χ0n) is 19.2. The molecular formula is C26H30N2O5. The third kappa shape index (κ3) is 7.07. The first-order chi connectivity index (χ1) is 16.1. The Balaban J connectivity index is 1.59. The second kappa shape index (κ2) is 12.2. The maximum atomic E-state index is 12.4. The molecular weight excluding hydrogens is 420 g/mol. The van der Waals surface area contributed by atoms with Gasteiger partial charge in [0, 0.05) is 12.2 Å². The van der Waals surface area contributed by atoms with E-state index in [4.69, 9.17) is 18.9 Å². The van der Waals surface area contributed by atoms with Gasteiger partial charge in [-0.2, -0.15) is 0 Å². The number of anilines is 2. The number of ether oxygens (including phenoxy) is 4. The molecule has 3 aromatic carbocycles. The Bertz CT molecular complexity index is 1040. The molecule has 33 heavy (non-hydrogen) atoms. The molecule has 3 rings (SSSR count). The van der Waals surface area contributed by atoms with E-state index >= 15 is 0 Å². The van der Waals surface area contributed by atoms with Gasteiger partial charge in [0.05, 0.1) is 26.0 Å². The third-order valence-corrected chi connectivity index (χ3v) is 4.71. The summed E-state index contributed by atoms with van der Waals surface area (Å²) in [6, 6.07) is 20.7. The molecule has 7 nitrogen and oxygen atoms in total. The van der Waals surface area contributed by atoms with Crippen LogP contribution in [0.15, 0.2) is 66.7 Å². The molecule has 0 aliphatic rings. The van der Waals surface area contributed by atoms with Gasteiger partial charge in [-0.15, -0.1) is 0 Å². The van der Waals surface area contributed by atoms with Gasteiger partial charge in [-0.3, -0.25) is 4.79 Å². The van der Waals surface area contributed by atoms with E-state index in [9.17, 15) is 4.79 Å². The van der Waals surface area contributed by atoms with Crippen LogP contribution in [0.25, 0.3) is 0 Å². The summed E-state index contributed by atoms with van der Waals surface area (Å²) in [5.41, 5.74) is 2.61. The number of amides is 1. The van der Waals surface area contributed by atoms with Crippen LogP contribution in [0.3, 0.4) is 0 Å². The minimum atomic E-state index is -0.289. The predicted molar refractivity (Wildman–Crippen MR) is 130 cm³/mol. The Morgan fingerprint density at radius 1 is 0.818 bits per heavy atom. The summed E-state index contributed by atoms with van der Waals surface area (Å²) < 4.78 is 22.2. The molecule has 0 spiro atoms. The highest BCUT2D eigenvalue weighted by atomic mass is 16.5. The topological polar surface area (TPSA) is 78.1 Å². The molecule has 0 saturated carbocycles. The maximum Gasteiger partial charge on any atom is 0.262 e. The molecule has 3 aromatic rings. The summed E-state index contributed by atoms with van der Waals surface area (Å²) in [5.74, 6) is 2.25. The van der Waals surface area contributed by atoms with Crippen LogP contribution in [0.2, 0.25) is 0 Å². The van der Waals surface area contributed by atoms with Gasteiger partial charge in [0.1, 0.15) is 11.5 Å². The largest absolute Gasteiger partial charge is 0.495 e. The Kier molecular flexibility index (Phi) is 8.82. The minimum Gasteiger partial charge on any atom is -0.495 e. The molecule has 0 bridgehead atoms. The van der Waals surface area contributed by atoms with E-state index in [-0.39, 0.29) is 12.5 Å². The fraction of sp³-hybridized carbons (Fsp3) is 0.269. The summed E-state index contributed by atoms with van der Waals surface area (Å²) in [5, 5.41) is 6.18. The van der Waals surface area contributed by atoms with Crippen molar-refractivity contribution in [2.45, 2.75) is 20.4 Å². The Morgan fingerprint density at radius 3 is 2.30 bits per heavy atom. The predicted octanol–water partition coefficient (Wildman–Crippen LogP) is 5.12. The van der Waals surface area contributed by atoms with Crippen molar-refractivity contribution in [2.75, 3.05) is 37.6 Å². The number of carbonyl (C=O) groups is 1. The van der Waals surface area contributed by atoms with Gasteiger partial charge in [0.2, 0.25) is 0 Å². The van der Waals surface area contributed by atoms with Crippen molar-refractivity contribution in [2.24, 2.45) is 0 Å². The van der Waals surface area contributed by atoms with Crippen molar-refractivity contribution < 1.29 is 23.7 Å². The van der Waals surface area contributed by atoms with Crippen molar-refractivity contribution >= 4 is 17.3 Å². The van der Waals surface area contributed by atoms with Gasteiger partial charge >= 0.3 is 0 Å². The molecule has 0 aromatic heterocycles. The van der Waals surface area contributed by atoms with Crippen LogP contribution in [0.4, 0.5) is 11.4 Å². The second-order valence-electron chi connectivity index (χ2n) is 7.06. The highest BCUT2D eigenvalue weighted by Crippen LogP contribution is 2.29. The maximum absolute atomic E-state index is 12.4. The van der Waals surface area contributed by atoms with Crippen LogP contribution >= 0.6 is 0 Å². The molecule has 1 amide bonds. The van der Waals surface area contributed by atoms with E-state index in [0.29, 0.717) is 42.7 Å². The molecule has 0 saturated heterocycles. The lowest BCUT2D eigenvalue weighted by Gasteiger charge is -2.15. The van der Waals surface area contributed by atoms with Crippen molar-refractivity contribution in [1.82, 2.24) is 0 Å². The monoisotopic (exact) mass is 450 g/mol. The lowest BCUT2D eigenvalue weighted by molar-refractivity contribution is -0.118. The average Bonchev–Trinajstić information content (AvgIpc) is 2.84. The average molecular weight is 451 g/mol. The van der Waals surface area contributed by atoms with Gasteiger partial charge in [-0.05, 0) is 67.9 Å². The number of methoxy groups -OCH3 is 1.